The van der Waals surface area contributed by atoms with Gasteiger partial charge in [0.25, 0.3) is 0 Å². The summed E-state index contributed by atoms with van der Waals surface area (Å²) in [5, 5.41) is 4.05. The summed E-state index contributed by atoms with van der Waals surface area (Å²) in [6, 6.07) is 8.58. The maximum absolute atomic E-state index is 14.6. The van der Waals surface area contributed by atoms with E-state index < -0.39 is 5.54 Å². The van der Waals surface area contributed by atoms with Crippen molar-refractivity contribution in [3.8, 4) is 0 Å². The van der Waals surface area contributed by atoms with Crippen molar-refractivity contribution >= 4 is 35.5 Å². The number of halogens is 3. The van der Waals surface area contributed by atoms with Crippen LogP contribution in [0.2, 0.25) is 5.02 Å². The summed E-state index contributed by atoms with van der Waals surface area (Å²) in [6.07, 6.45) is 1.63. The largest absolute Gasteiger partial charge is 0.386 e. The summed E-state index contributed by atoms with van der Waals surface area (Å²) in [5.41, 5.74) is 7.06. The van der Waals surface area contributed by atoms with Crippen LogP contribution in [0.3, 0.4) is 0 Å². The highest BCUT2D eigenvalue weighted by Gasteiger charge is 2.33. The van der Waals surface area contributed by atoms with E-state index in [0.717, 1.165) is 11.4 Å². The van der Waals surface area contributed by atoms with Gasteiger partial charge in [0.15, 0.2) is 0 Å². The van der Waals surface area contributed by atoms with E-state index in [9.17, 15) is 4.39 Å². The molecule has 0 fully saturated rings. The van der Waals surface area contributed by atoms with Gasteiger partial charge in [-0.2, -0.15) is 0 Å². The van der Waals surface area contributed by atoms with Gasteiger partial charge < -0.3 is 15.8 Å². The third-order valence-corrected chi connectivity index (χ3v) is 4.85. The summed E-state index contributed by atoms with van der Waals surface area (Å²) < 4.78 is 20.1. The molecule has 3 N–H and O–H groups in total. The fourth-order valence-electron chi connectivity index (χ4n) is 3.23. The molecule has 0 saturated heterocycles. The van der Waals surface area contributed by atoms with Crippen LogP contribution in [0.4, 0.5) is 10.1 Å². The summed E-state index contributed by atoms with van der Waals surface area (Å²) in [7, 11) is 0. The smallest absolute Gasteiger partial charge is 0.129 e. The maximum Gasteiger partial charge on any atom is 0.129 e. The van der Waals surface area contributed by atoms with Gasteiger partial charge in [0.05, 0.1) is 23.4 Å². The van der Waals surface area contributed by atoms with Crippen molar-refractivity contribution in [1.29, 1.82) is 0 Å². The molecule has 0 bridgehead atoms. The third kappa shape index (κ3) is 4.93. The lowest BCUT2D eigenvalue weighted by Crippen LogP contribution is -2.38. The van der Waals surface area contributed by atoms with Crippen molar-refractivity contribution in [3.05, 3.63) is 58.6 Å². The zero-order valence-electron chi connectivity index (χ0n) is 16.1. The van der Waals surface area contributed by atoms with Crippen LogP contribution in [-0.4, -0.2) is 24.0 Å². The van der Waals surface area contributed by atoms with Gasteiger partial charge >= 0.3 is 0 Å². The second kappa shape index (κ2) is 9.07. The van der Waals surface area contributed by atoms with E-state index in [2.05, 4.69) is 29.1 Å². The van der Waals surface area contributed by atoms with Crippen LogP contribution in [0.5, 0.6) is 0 Å². The van der Waals surface area contributed by atoms with Crippen LogP contribution in [0.25, 0.3) is 0 Å². The number of rotatable bonds is 5. The Hall–Kier alpha value is -1.89. The van der Waals surface area contributed by atoms with Gasteiger partial charge in [-0.3, -0.25) is 9.98 Å². The SMILES string of the molecule is CC(C)C(Nc1ccc(F)c(C2(C)COCC(N)=N2)c1)c1ccc(Cl)cn1.Cl. The van der Waals surface area contributed by atoms with E-state index >= 15 is 0 Å². The Labute approximate surface area is 176 Å². The second-order valence-electron chi connectivity index (χ2n) is 7.33. The zero-order chi connectivity index (χ0) is 19.6. The van der Waals surface area contributed by atoms with E-state index in [1.165, 1.54) is 6.07 Å². The number of pyridine rings is 1. The minimum Gasteiger partial charge on any atom is -0.386 e. The molecule has 0 aliphatic carbocycles. The number of amidine groups is 1. The number of hydrogen-bond acceptors (Lipinski definition) is 5. The average molecular weight is 427 g/mol. The van der Waals surface area contributed by atoms with E-state index in [0.29, 0.717) is 16.4 Å². The van der Waals surface area contributed by atoms with Crippen molar-refractivity contribution in [2.45, 2.75) is 32.4 Å². The average Bonchev–Trinajstić information content (AvgIpc) is 2.61. The number of hydrogen-bond donors (Lipinski definition) is 2. The highest BCUT2D eigenvalue weighted by Crippen LogP contribution is 2.34. The van der Waals surface area contributed by atoms with Gasteiger partial charge in [0.2, 0.25) is 0 Å². The molecule has 28 heavy (non-hydrogen) atoms. The molecule has 0 amide bonds. The van der Waals surface area contributed by atoms with Crippen molar-refractivity contribution in [3.63, 3.8) is 0 Å². The van der Waals surface area contributed by atoms with Gasteiger partial charge in [0.1, 0.15) is 23.8 Å². The van der Waals surface area contributed by atoms with Crippen LogP contribution < -0.4 is 11.1 Å². The topological polar surface area (TPSA) is 72.5 Å². The molecule has 0 radical (unpaired) electrons. The minimum absolute atomic E-state index is 0. The molecule has 1 aromatic carbocycles. The van der Waals surface area contributed by atoms with Crippen LogP contribution >= 0.6 is 24.0 Å². The summed E-state index contributed by atoms with van der Waals surface area (Å²) in [5.74, 6) is 0.289. The Morgan fingerprint density at radius 1 is 1.29 bits per heavy atom. The first-order valence-electron chi connectivity index (χ1n) is 8.88. The molecule has 2 unspecified atom stereocenters. The van der Waals surface area contributed by atoms with Gasteiger partial charge in [0, 0.05) is 17.4 Å². The third-order valence-electron chi connectivity index (χ3n) is 4.63. The second-order valence-corrected chi connectivity index (χ2v) is 7.77. The lowest BCUT2D eigenvalue weighted by Gasteiger charge is -2.31. The molecule has 152 valence electrons. The van der Waals surface area contributed by atoms with Crippen LogP contribution in [-0.2, 0) is 10.3 Å². The number of nitrogens with one attached hydrogen (secondary N) is 1. The Morgan fingerprint density at radius 3 is 2.64 bits per heavy atom. The number of aromatic nitrogens is 1. The molecular weight excluding hydrogens is 402 g/mol. The van der Waals surface area contributed by atoms with Crippen LogP contribution in [0.15, 0.2) is 41.5 Å². The standard InChI is InChI=1S/C20H24ClFN4O.ClH/c1-12(2)19(17-7-4-13(21)9-24-17)25-14-5-6-16(22)15(8-14)20(3)11-27-10-18(23)26-20;/h4-9,12,19,25H,10-11H2,1-3H3,(H2,23,26);1H. The number of nitrogens with two attached hydrogens (primary N) is 1. The Kier molecular flexibility index (Phi) is 7.26. The molecule has 8 heteroatoms. The van der Waals surface area contributed by atoms with Gasteiger partial charge in [-0.1, -0.05) is 25.4 Å². The van der Waals surface area contributed by atoms with E-state index in [-0.39, 0.29) is 43.4 Å². The maximum atomic E-state index is 14.6. The highest BCUT2D eigenvalue weighted by molar-refractivity contribution is 6.30. The van der Waals surface area contributed by atoms with E-state index in [1.807, 2.05) is 19.1 Å². The molecule has 1 aliphatic heterocycles. The van der Waals surface area contributed by atoms with E-state index in [4.69, 9.17) is 22.1 Å². The van der Waals surface area contributed by atoms with Gasteiger partial charge in [-0.15, -0.1) is 12.4 Å². The number of nitrogens with zero attached hydrogens (tertiary/aromatic N) is 2. The number of benzene rings is 1. The molecule has 0 spiro atoms. The quantitative estimate of drug-likeness (QED) is 0.725. The Balaban J connectivity index is 0.00000280. The summed E-state index contributed by atoms with van der Waals surface area (Å²) >= 11 is 5.95. The molecule has 2 heterocycles. The minimum atomic E-state index is -0.851. The first kappa shape index (κ1) is 22.4. The predicted molar refractivity (Wildman–Crippen MR) is 114 cm³/mol. The van der Waals surface area contributed by atoms with E-state index in [1.54, 1.807) is 18.3 Å². The summed E-state index contributed by atoms with van der Waals surface area (Å²) in [4.78, 5) is 8.87. The summed E-state index contributed by atoms with van der Waals surface area (Å²) in [6.45, 7) is 6.56. The lowest BCUT2D eigenvalue weighted by molar-refractivity contribution is 0.104. The first-order chi connectivity index (χ1) is 12.8. The molecule has 0 saturated carbocycles. The first-order valence-corrected chi connectivity index (χ1v) is 9.26. The Bertz CT molecular complexity index is 845. The highest BCUT2D eigenvalue weighted by atomic mass is 35.5. The molecule has 2 aromatic rings. The zero-order valence-corrected chi connectivity index (χ0v) is 17.6. The van der Waals surface area contributed by atoms with Crippen molar-refractivity contribution < 1.29 is 9.13 Å². The molecule has 5 nitrogen and oxygen atoms in total. The molecule has 3 rings (SSSR count). The Morgan fingerprint density at radius 2 is 2.04 bits per heavy atom. The molecule has 2 atom stereocenters. The number of aliphatic imine (C=N–C) groups is 1. The van der Waals surface area contributed by atoms with Crippen molar-refractivity contribution in [1.82, 2.24) is 4.98 Å². The van der Waals surface area contributed by atoms with Crippen molar-refractivity contribution in [2.24, 2.45) is 16.6 Å². The molecule has 1 aliphatic rings. The van der Waals surface area contributed by atoms with Crippen LogP contribution in [0.1, 0.15) is 38.1 Å². The monoisotopic (exact) mass is 426 g/mol. The molecular formula is C20H25Cl2FN4O. The normalized spacial score (nSPS) is 20.3. The predicted octanol–water partition coefficient (Wildman–Crippen LogP) is 4.71. The van der Waals surface area contributed by atoms with Gasteiger partial charge in [-0.25, -0.2) is 4.39 Å². The van der Waals surface area contributed by atoms with Crippen molar-refractivity contribution in [2.75, 3.05) is 18.5 Å². The number of ether oxygens (including phenoxy) is 1. The number of anilines is 1. The van der Waals surface area contributed by atoms with Gasteiger partial charge in [-0.05, 0) is 43.2 Å². The lowest BCUT2D eigenvalue weighted by atomic mass is 9.91. The fraction of sp³-hybridized carbons (Fsp3) is 0.400. The molecule has 1 aromatic heterocycles. The van der Waals surface area contributed by atoms with Crippen LogP contribution in [0, 0.1) is 11.7 Å². The fourth-order valence-corrected chi connectivity index (χ4v) is 3.35.